The molecule has 2 heterocycles. The van der Waals surface area contributed by atoms with Crippen LogP contribution in [0.15, 0.2) is 72.0 Å². The first-order valence-electron chi connectivity index (χ1n) is 6.96. The van der Waals surface area contributed by atoms with Gasteiger partial charge in [-0.2, -0.15) is 0 Å². The summed E-state index contributed by atoms with van der Waals surface area (Å²) in [5.74, 6) is 0. The molecule has 0 fully saturated rings. The van der Waals surface area contributed by atoms with Crippen LogP contribution < -0.4 is 0 Å². The Morgan fingerprint density at radius 2 is 1.68 bits per heavy atom. The van der Waals surface area contributed by atoms with E-state index in [1.54, 1.807) is 6.20 Å². The first kappa shape index (κ1) is 13.9. The fourth-order valence-corrected chi connectivity index (χ4v) is 2.19. The molecule has 108 valence electrons. The zero-order valence-electron chi connectivity index (χ0n) is 12.1. The summed E-state index contributed by atoms with van der Waals surface area (Å²) < 4.78 is 0. The van der Waals surface area contributed by atoms with Crippen LogP contribution in [-0.2, 0) is 0 Å². The van der Waals surface area contributed by atoms with Crippen molar-refractivity contribution in [3.63, 3.8) is 0 Å². The second kappa shape index (κ2) is 6.18. The average molecular weight is 289 g/mol. The molecule has 0 saturated heterocycles. The molecule has 3 aromatic rings. The monoisotopic (exact) mass is 289 g/mol. The summed E-state index contributed by atoms with van der Waals surface area (Å²) in [6, 6.07) is 19.0. The van der Waals surface area contributed by atoms with E-state index in [0.29, 0.717) is 11.4 Å². The molecular formula is C18H15N3O. The summed E-state index contributed by atoms with van der Waals surface area (Å²) in [5, 5.41) is 12.8. The Labute approximate surface area is 128 Å². The maximum absolute atomic E-state index is 9.40. The number of aromatic nitrogens is 2. The number of nitrogens with zero attached hydrogens (tertiary/aromatic N) is 3. The highest BCUT2D eigenvalue weighted by Gasteiger charge is 2.11. The Balaban J connectivity index is 2.02. The van der Waals surface area contributed by atoms with Gasteiger partial charge in [-0.1, -0.05) is 47.1 Å². The molecule has 0 radical (unpaired) electrons. The molecule has 4 heteroatoms. The second-order valence-corrected chi connectivity index (χ2v) is 4.94. The fourth-order valence-electron chi connectivity index (χ4n) is 2.19. The van der Waals surface area contributed by atoms with Crippen molar-refractivity contribution in [3.8, 4) is 11.4 Å². The molecule has 3 rings (SSSR count). The second-order valence-electron chi connectivity index (χ2n) is 4.94. The average Bonchev–Trinajstić information content (AvgIpc) is 2.58. The van der Waals surface area contributed by atoms with E-state index < -0.39 is 0 Å². The van der Waals surface area contributed by atoms with Gasteiger partial charge >= 0.3 is 0 Å². The van der Waals surface area contributed by atoms with Gasteiger partial charge in [0.2, 0.25) is 0 Å². The molecule has 1 N–H and O–H groups in total. The van der Waals surface area contributed by atoms with Crippen molar-refractivity contribution < 1.29 is 5.21 Å². The van der Waals surface area contributed by atoms with E-state index in [1.165, 1.54) is 0 Å². The van der Waals surface area contributed by atoms with Crippen LogP contribution >= 0.6 is 0 Å². The van der Waals surface area contributed by atoms with Crippen molar-refractivity contribution in [1.29, 1.82) is 0 Å². The van der Waals surface area contributed by atoms with Gasteiger partial charge in [0.1, 0.15) is 5.71 Å². The topological polar surface area (TPSA) is 58.4 Å². The first-order valence-corrected chi connectivity index (χ1v) is 6.96. The van der Waals surface area contributed by atoms with Gasteiger partial charge in [-0.25, -0.2) is 4.98 Å². The summed E-state index contributed by atoms with van der Waals surface area (Å²) in [4.78, 5) is 8.85. The number of rotatable bonds is 3. The largest absolute Gasteiger partial charge is 0.410 e. The Bertz CT molecular complexity index is 796. The molecule has 0 saturated carbocycles. The van der Waals surface area contributed by atoms with Crippen LogP contribution in [0.5, 0.6) is 0 Å². The van der Waals surface area contributed by atoms with Crippen LogP contribution in [0.25, 0.3) is 11.4 Å². The van der Waals surface area contributed by atoms with Gasteiger partial charge in [0.15, 0.2) is 0 Å². The maximum Gasteiger partial charge on any atom is 0.135 e. The lowest BCUT2D eigenvalue weighted by Crippen LogP contribution is -2.06. The van der Waals surface area contributed by atoms with Crippen LogP contribution in [0.1, 0.15) is 16.8 Å². The van der Waals surface area contributed by atoms with E-state index in [1.807, 2.05) is 67.6 Å². The molecule has 1 aromatic carbocycles. The van der Waals surface area contributed by atoms with Gasteiger partial charge in [-0.15, -0.1) is 0 Å². The Kier molecular flexibility index (Phi) is 3.92. The fraction of sp³-hybridized carbons (Fsp3) is 0.0556. The predicted molar refractivity (Wildman–Crippen MR) is 86.1 cm³/mol. The van der Waals surface area contributed by atoms with E-state index in [9.17, 15) is 5.21 Å². The van der Waals surface area contributed by atoms with Crippen LogP contribution in [0, 0.1) is 6.92 Å². The molecule has 0 aliphatic rings. The van der Waals surface area contributed by atoms with Gasteiger partial charge in [0.05, 0.1) is 17.1 Å². The lowest BCUT2D eigenvalue weighted by atomic mass is 10.0. The van der Waals surface area contributed by atoms with Crippen LogP contribution in [0.3, 0.4) is 0 Å². The SMILES string of the molecule is Cc1ccc(C(=NO)c2cccc(-c3ccccn3)n2)cc1. The quantitative estimate of drug-likeness (QED) is 0.454. The smallest absolute Gasteiger partial charge is 0.135 e. The number of hydrogen-bond donors (Lipinski definition) is 1. The molecule has 0 amide bonds. The van der Waals surface area contributed by atoms with Crippen molar-refractivity contribution >= 4 is 5.71 Å². The molecule has 0 bridgehead atoms. The normalized spacial score (nSPS) is 11.4. The van der Waals surface area contributed by atoms with E-state index in [-0.39, 0.29) is 0 Å². The molecule has 4 nitrogen and oxygen atoms in total. The van der Waals surface area contributed by atoms with Gasteiger partial charge in [-0.05, 0) is 31.2 Å². The maximum atomic E-state index is 9.40. The van der Waals surface area contributed by atoms with Crippen LogP contribution in [-0.4, -0.2) is 20.9 Å². The number of oxime groups is 1. The van der Waals surface area contributed by atoms with Crippen molar-refractivity contribution in [2.45, 2.75) is 6.92 Å². The van der Waals surface area contributed by atoms with Crippen molar-refractivity contribution in [2.75, 3.05) is 0 Å². The minimum Gasteiger partial charge on any atom is -0.410 e. The lowest BCUT2D eigenvalue weighted by Gasteiger charge is -2.07. The van der Waals surface area contributed by atoms with E-state index >= 15 is 0 Å². The summed E-state index contributed by atoms with van der Waals surface area (Å²) in [7, 11) is 0. The molecule has 0 aliphatic heterocycles. The number of hydrogen-bond acceptors (Lipinski definition) is 4. The van der Waals surface area contributed by atoms with Gasteiger partial charge in [0.25, 0.3) is 0 Å². The molecule has 0 atom stereocenters. The minimum atomic E-state index is 0.442. The summed E-state index contributed by atoms with van der Waals surface area (Å²) in [5.41, 5.74) is 4.54. The highest BCUT2D eigenvalue weighted by atomic mass is 16.4. The first-order chi connectivity index (χ1) is 10.8. The number of benzene rings is 1. The van der Waals surface area contributed by atoms with E-state index in [0.717, 1.165) is 22.5 Å². The molecule has 2 aromatic heterocycles. The summed E-state index contributed by atoms with van der Waals surface area (Å²) >= 11 is 0. The molecular weight excluding hydrogens is 274 g/mol. The third kappa shape index (κ3) is 2.86. The third-order valence-electron chi connectivity index (χ3n) is 3.34. The highest BCUT2D eigenvalue weighted by molar-refractivity contribution is 6.11. The van der Waals surface area contributed by atoms with Gasteiger partial charge in [-0.3, -0.25) is 4.98 Å². The van der Waals surface area contributed by atoms with Crippen molar-refractivity contribution in [2.24, 2.45) is 5.16 Å². The van der Waals surface area contributed by atoms with Gasteiger partial charge in [0, 0.05) is 11.8 Å². The Morgan fingerprint density at radius 3 is 2.36 bits per heavy atom. The van der Waals surface area contributed by atoms with Gasteiger partial charge < -0.3 is 5.21 Å². The van der Waals surface area contributed by atoms with Crippen molar-refractivity contribution in [1.82, 2.24) is 9.97 Å². The molecule has 22 heavy (non-hydrogen) atoms. The molecule has 0 spiro atoms. The Hall–Kier alpha value is -3.01. The van der Waals surface area contributed by atoms with E-state index in [4.69, 9.17) is 0 Å². The molecule has 0 aliphatic carbocycles. The zero-order chi connectivity index (χ0) is 15.4. The number of aryl methyl sites for hydroxylation is 1. The van der Waals surface area contributed by atoms with Crippen LogP contribution in [0.4, 0.5) is 0 Å². The highest BCUT2D eigenvalue weighted by Crippen LogP contribution is 2.16. The minimum absolute atomic E-state index is 0.442. The Morgan fingerprint density at radius 1 is 0.909 bits per heavy atom. The van der Waals surface area contributed by atoms with Crippen molar-refractivity contribution in [3.05, 3.63) is 83.7 Å². The van der Waals surface area contributed by atoms with Crippen LogP contribution in [0.2, 0.25) is 0 Å². The zero-order valence-corrected chi connectivity index (χ0v) is 12.1. The molecule has 0 unspecified atom stereocenters. The predicted octanol–water partition coefficient (Wildman–Crippen LogP) is 3.68. The number of pyridine rings is 2. The lowest BCUT2D eigenvalue weighted by molar-refractivity contribution is 0.319. The van der Waals surface area contributed by atoms with E-state index in [2.05, 4.69) is 15.1 Å². The standard InChI is InChI=1S/C18H15N3O/c1-13-8-10-14(11-9-13)18(21-22)17-7-4-6-16(20-17)15-5-2-3-12-19-15/h2-12,22H,1H3. The third-order valence-corrected chi connectivity index (χ3v) is 3.34. The summed E-state index contributed by atoms with van der Waals surface area (Å²) in [6.07, 6.45) is 1.73. The summed E-state index contributed by atoms with van der Waals surface area (Å²) in [6.45, 7) is 2.01.